The van der Waals surface area contributed by atoms with Crippen molar-refractivity contribution in [2.24, 2.45) is 5.92 Å². The van der Waals surface area contributed by atoms with E-state index in [0.717, 1.165) is 6.42 Å². The average molecular weight is 166 g/mol. The van der Waals surface area contributed by atoms with E-state index in [9.17, 15) is 9.59 Å². The van der Waals surface area contributed by atoms with E-state index >= 15 is 0 Å². The normalized spacial score (nSPS) is 19.8. The van der Waals surface area contributed by atoms with Crippen LogP contribution in [0.25, 0.3) is 0 Å². The molecule has 2 nitrogen and oxygen atoms in total. The first-order valence-corrected chi connectivity index (χ1v) is 4.46. The second kappa shape index (κ2) is 4.19. The summed E-state index contributed by atoms with van der Waals surface area (Å²) in [6, 6.07) is 0. The van der Waals surface area contributed by atoms with Gasteiger partial charge in [0, 0.05) is 12.8 Å². The molecular weight excluding hydrogens is 152 g/mol. The molecule has 0 radical (unpaired) electrons. The highest BCUT2D eigenvalue weighted by molar-refractivity contribution is 6.08. The van der Waals surface area contributed by atoms with Gasteiger partial charge in [-0.3, -0.25) is 9.59 Å². The molecule has 0 aromatic carbocycles. The van der Waals surface area contributed by atoms with Crippen LogP contribution < -0.4 is 0 Å². The topological polar surface area (TPSA) is 34.1 Å². The third-order valence-corrected chi connectivity index (χ3v) is 2.17. The van der Waals surface area contributed by atoms with Gasteiger partial charge < -0.3 is 0 Å². The molecule has 2 heteroatoms. The lowest BCUT2D eigenvalue weighted by molar-refractivity contribution is -0.126. The van der Waals surface area contributed by atoms with Crippen molar-refractivity contribution in [3.63, 3.8) is 0 Å². The van der Waals surface area contributed by atoms with E-state index in [1.807, 2.05) is 19.1 Å². The Kier molecular flexibility index (Phi) is 3.20. The van der Waals surface area contributed by atoms with Crippen LogP contribution in [-0.2, 0) is 9.59 Å². The zero-order valence-corrected chi connectivity index (χ0v) is 7.38. The summed E-state index contributed by atoms with van der Waals surface area (Å²) >= 11 is 0. The molecule has 1 rings (SSSR count). The van der Waals surface area contributed by atoms with Crippen LogP contribution in [0.2, 0.25) is 0 Å². The Balaban J connectivity index is 2.45. The molecule has 0 spiro atoms. The Labute approximate surface area is 72.7 Å². The van der Waals surface area contributed by atoms with E-state index in [2.05, 4.69) is 0 Å². The van der Waals surface area contributed by atoms with Crippen molar-refractivity contribution in [3.8, 4) is 0 Å². The second-order valence-electron chi connectivity index (χ2n) is 3.10. The lowest BCUT2D eigenvalue weighted by Crippen LogP contribution is -2.12. The van der Waals surface area contributed by atoms with Crippen LogP contribution in [0, 0.1) is 5.92 Å². The number of Topliss-reactive ketones (excluding diaryl/α,β-unsaturated/α-hetero) is 2. The van der Waals surface area contributed by atoms with Crippen LogP contribution in [0.5, 0.6) is 0 Å². The number of carbonyl (C=O) groups is 2. The van der Waals surface area contributed by atoms with Crippen molar-refractivity contribution in [3.05, 3.63) is 12.2 Å². The van der Waals surface area contributed by atoms with Crippen LogP contribution in [-0.4, -0.2) is 11.6 Å². The summed E-state index contributed by atoms with van der Waals surface area (Å²) in [6.45, 7) is 2.04. The van der Waals surface area contributed by atoms with Crippen molar-refractivity contribution in [2.75, 3.05) is 0 Å². The largest absolute Gasteiger partial charge is 0.299 e. The summed E-state index contributed by atoms with van der Waals surface area (Å²) in [5.41, 5.74) is 0. The highest BCUT2D eigenvalue weighted by atomic mass is 16.2. The van der Waals surface area contributed by atoms with Crippen LogP contribution in [0.4, 0.5) is 0 Å². The molecule has 0 unspecified atom stereocenters. The Morgan fingerprint density at radius 1 is 1.25 bits per heavy atom. The maximum absolute atomic E-state index is 11.1. The third kappa shape index (κ3) is 2.03. The number of ketones is 2. The molecule has 1 aliphatic carbocycles. The average Bonchev–Trinajstić information content (AvgIpc) is 2.35. The summed E-state index contributed by atoms with van der Waals surface area (Å²) < 4.78 is 0. The number of hydrogen-bond acceptors (Lipinski definition) is 2. The minimum Gasteiger partial charge on any atom is -0.299 e. The molecular formula is C10H14O2. The summed E-state index contributed by atoms with van der Waals surface area (Å²) in [4.78, 5) is 22.2. The van der Waals surface area contributed by atoms with Crippen LogP contribution in [0.15, 0.2) is 12.2 Å². The maximum Gasteiger partial charge on any atom is 0.144 e. The van der Waals surface area contributed by atoms with Gasteiger partial charge in [0.15, 0.2) is 0 Å². The van der Waals surface area contributed by atoms with Crippen LogP contribution >= 0.6 is 0 Å². The molecule has 0 amide bonds. The van der Waals surface area contributed by atoms with Crippen molar-refractivity contribution in [2.45, 2.75) is 32.6 Å². The summed E-state index contributed by atoms with van der Waals surface area (Å²) in [5.74, 6) is -0.0608. The molecule has 66 valence electrons. The van der Waals surface area contributed by atoms with Gasteiger partial charge in [0.2, 0.25) is 0 Å². The molecule has 1 aliphatic rings. The Morgan fingerprint density at radius 3 is 2.33 bits per heavy atom. The molecule has 0 aromatic rings. The molecule has 0 heterocycles. The van der Waals surface area contributed by atoms with Gasteiger partial charge in [-0.1, -0.05) is 19.1 Å². The highest BCUT2D eigenvalue weighted by Gasteiger charge is 2.31. The number of hydrogen-bond donors (Lipinski definition) is 0. The van der Waals surface area contributed by atoms with Crippen molar-refractivity contribution in [1.29, 1.82) is 0 Å². The van der Waals surface area contributed by atoms with E-state index in [-0.39, 0.29) is 17.5 Å². The van der Waals surface area contributed by atoms with Gasteiger partial charge in [-0.25, -0.2) is 0 Å². The number of rotatable bonds is 3. The molecule has 0 bridgehead atoms. The minimum atomic E-state index is -0.312. The van der Waals surface area contributed by atoms with Gasteiger partial charge >= 0.3 is 0 Å². The van der Waals surface area contributed by atoms with Crippen molar-refractivity contribution >= 4 is 11.6 Å². The quantitative estimate of drug-likeness (QED) is 0.474. The first kappa shape index (κ1) is 9.17. The van der Waals surface area contributed by atoms with Gasteiger partial charge in [-0.2, -0.15) is 0 Å². The fourth-order valence-corrected chi connectivity index (χ4v) is 1.44. The number of carbonyl (C=O) groups excluding carboxylic acids is 2. The predicted octanol–water partition coefficient (Wildman–Crippen LogP) is 1.89. The first-order chi connectivity index (χ1) is 5.75. The Bertz CT molecular complexity index is 200. The molecule has 0 atom stereocenters. The molecule has 1 fully saturated rings. The number of allylic oxidation sites excluding steroid dienone is 2. The molecule has 0 aromatic heterocycles. The zero-order chi connectivity index (χ0) is 8.97. The highest BCUT2D eigenvalue weighted by Crippen LogP contribution is 2.21. The molecule has 0 N–H and O–H groups in total. The van der Waals surface area contributed by atoms with Gasteiger partial charge in [-0.05, 0) is 12.8 Å². The van der Waals surface area contributed by atoms with Crippen molar-refractivity contribution < 1.29 is 9.59 Å². The SMILES string of the molecule is CC/C=C/CC1C(=O)CCC1=O. The van der Waals surface area contributed by atoms with Gasteiger partial charge in [0.1, 0.15) is 11.6 Å². The Hall–Kier alpha value is -0.920. The fraction of sp³-hybridized carbons (Fsp3) is 0.600. The molecule has 1 saturated carbocycles. The van der Waals surface area contributed by atoms with Gasteiger partial charge in [0.25, 0.3) is 0 Å². The molecule has 0 aliphatic heterocycles. The molecule has 0 saturated heterocycles. The maximum atomic E-state index is 11.1. The van der Waals surface area contributed by atoms with Gasteiger partial charge in [0.05, 0.1) is 5.92 Å². The minimum absolute atomic E-state index is 0.126. The predicted molar refractivity (Wildman–Crippen MR) is 46.8 cm³/mol. The first-order valence-electron chi connectivity index (χ1n) is 4.46. The van der Waals surface area contributed by atoms with E-state index < -0.39 is 0 Å². The van der Waals surface area contributed by atoms with E-state index in [1.54, 1.807) is 0 Å². The molecule has 12 heavy (non-hydrogen) atoms. The fourth-order valence-electron chi connectivity index (χ4n) is 1.44. The summed E-state index contributed by atoms with van der Waals surface area (Å²) in [6.07, 6.45) is 6.44. The summed E-state index contributed by atoms with van der Waals surface area (Å²) in [5, 5.41) is 0. The van der Waals surface area contributed by atoms with Crippen LogP contribution in [0.3, 0.4) is 0 Å². The lowest BCUT2D eigenvalue weighted by Gasteiger charge is -2.00. The van der Waals surface area contributed by atoms with E-state index in [1.165, 1.54) is 0 Å². The third-order valence-electron chi connectivity index (χ3n) is 2.17. The van der Waals surface area contributed by atoms with Gasteiger partial charge in [-0.15, -0.1) is 0 Å². The smallest absolute Gasteiger partial charge is 0.144 e. The second-order valence-corrected chi connectivity index (χ2v) is 3.10. The van der Waals surface area contributed by atoms with E-state index in [0.29, 0.717) is 19.3 Å². The lowest BCUT2D eigenvalue weighted by atomic mass is 10.0. The summed E-state index contributed by atoms with van der Waals surface area (Å²) in [7, 11) is 0. The van der Waals surface area contributed by atoms with Crippen molar-refractivity contribution in [1.82, 2.24) is 0 Å². The van der Waals surface area contributed by atoms with E-state index in [4.69, 9.17) is 0 Å². The Morgan fingerprint density at radius 2 is 1.83 bits per heavy atom. The van der Waals surface area contributed by atoms with Crippen LogP contribution in [0.1, 0.15) is 32.6 Å². The monoisotopic (exact) mass is 166 g/mol. The standard InChI is InChI=1S/C10H14O2/c1-2-3-4-5-8-9(11)6-7-10(8)12/h3-4,8H,2,5-7H2,1H3/b4-3+. The zero-order valence-electron chi connectivity index (χ0n) is 7.38.